The molecule has 114 valence electrons. The normalized spacial score (nSPS) is 11.6. The highest BCUT2D eigenvalue weighted by Gasteiger charge is 2.19. The summed E-state index contributed by atoms with van der Waals surface area (Å²) in [4.78, 5) is 23.0. The second kappa shape index (κ2) is 7.06. The number of hydrogen-bond donors (Lipinski definition) is 3. The van der Waals surface area contributed by atoms with Gasteiger partial charge in [-0.3, -0.25) is 9.59 Å². The molecular weight excluding hydrogens is 304 g/mol. The number of carbonyl (C=O) groups is 2. The van der Waals surface area contributed by atoms with Crippen molar-refractivity contribution in [2.75, 3.05) is 10.6 Å². The molecule has 0 fully saturated rings. The number of hydrogen-bond acceptors (Lipinski definition) is 3. The van der Waals surface area contributed by atoms with Crippen LogP contribution in [0.5, 0.6) is 0 Å². The van der Waals surface area contributed by atoms with Gasteiger partial charge >= 0.3 is 0 Å². The molecule has 3 N–H and O–H groups in total. The Hall–Kier alpha value is -2.37. The lowest BCUT2D eigenvalue weighted by Crippen LogP contribution is -2.21. The fourth-order valence-electron chi connectivity index (χ4n) is 1.89. The van der Waals surface area contributed by atoms with Gasteiger partial charge in [0.15, 0.2) is 6.10 Å². The van der Waals surface area contributed by atoms with Gasteiger partial charge in [-0.05, 0) is 30.3 Å². The molecule has 0 radical (unpaired) electrons. The molecule has 0 saturated heterocycles. The molecular formula is C16H15ClN2O3. The zero-order valence-corrected chi connectivity index (χ0v) is 12.6. The van der Waals surface area contributed by atoms with Crippen LogP contribution in [0.2, 0.25) is 5.02 Å². The second-order valence-corrected chi connectivity index (χ2v) is 5.08. The van der Waals surface area contributed by atoms with Crippen LogP contribution in [0.1, 0.15) is 18.6 Å². The first-order valence-corrected chi connectivity index (χ1v) is 6.96. The van der Waals surface area contributed by atoms with E-state index in [1.54, 1.807) is 48.5 Å². The van der Waals surface area contributed by atoms with E-state index in [1.807, 2.05) is 0 Å². The summed E-state index contributed by atoms with van der Waals surface area (Å²) in [5, 5.41) is 15.6. The van der Waals surface area contributed by atoms with Gasteiger partial charge in [-0.1, -0.05) is 29.8 Å². The Morgan fingerprint density at radius 2 is 1.55 bits per heavy atom. The van der Waals surface area contributed by atoms with E-state index >= 15 is 0 Å². The van der Waals surface area contributed by atoms with E-state index in [-0.39, 0.29) is 5.91 Å². The second-order valence-electron chi connectivity index (χ2n) is 4.67. The van der Waals surface area contributed by atoms with Gasteiger partial charge in [0.25, 0.3) is 5.91 Å². The van der Waals surface area contributed by atoms with E-state index in [0.717, 1.165) is 0 Å². The summed E-state index contributed by atoms with van der Waals surface area (Å²) < 4.78 is 0. The zero-order chi connectivity index (χ0) is 16.1. The SMILES string of the molecule is CC(=O)Nc1ccc(NC(=O)C(O)c2ccccc2Cl)cc1. The molecule has 0 heterocycles. The molecule has 2 aromatic carbocycles. The average Bonchev–Trinajstić information content (AvgIpc) is 2.48. The van der Waals surface area contributed by atoms with Crippen molar-refractivity contribution in [3.8, 4) is 0 Å². The largest absolute Gasteiger partial charge is 0.378 e. The maximum absolute atomic E-state index is 12.0. The van der Waals surface area contributed by atoms with Gasteiger partial charge in [-0.2, -0.15) is 0 Å². The molecule has 0 bridgehead atoms. The van der Waals surface area contributed by atoms with Crippen molar-refractivity contribution in [3.05, 3.63) is 59.1 Å². The molecule has 0 aromatic heterocycles. The summed E-state index contributed by atoms with van der Waals surface area (Å²) in [6, 6.07) is 13.2. The number of aliphatic hydroxyl groups excluding tert-OH is 1. The standard InChI is InChI=1S/C16H15ClN2O3/c1-10(20)18-11-6-8-12(9-7-11)19-16(22)15(21)13-4-2-3-5-14(13)17/h2-9,15,21H,1H3,(H,18,20)(H,19,22). The Morgan fingerprint density at radius 1 is 1.00 bits per heavy atom. The van der Waals surface area contributed by atoms with Gasteiger partial charge in [0.1, 0.15) is 0 Å². The van der Waals surface area contributed by atoms with Crippen LogP contribution in [0.25, 0.3) is 0 Å². The number of carbonyl (C=O) groups excluding carboxylic acids is 2. The number of amides is 2. The number of nitrogens with one attached hydrogen (secondary N) is 2. The first-order valence-electron chi connectivity index (χ1n) is 6.58. The summed E-state index contributed by atoms with van der Waals surface area (Å²) in [7, 11) is 0. The van der Waals surface area contributed by atoms with Crippen molar-refractivity contribution in [2.24, 2.45) is 0 Å². The first-order chi connectivity index (χ1) is 10.5. The molecule has 0 saturated carbocycles. The van der Waals surface area contributed by atoms with Gasteiger partial charge in [-0.25, -0.2) is 0 Å². The highest BCUT2D eigenvalue weighted by Crippen LogP contribution is 2.24. The third-order valence-electron chi connectivity index (χ3n) is 2.92. The van der Waals surface area contributed by atoms with Gasteiger partial charge in [0.05, 0.1) is 0 Å². The Kier molecular flexibility index (Phi) is 5.14. The molecule has 0 spiro atoms. The van der Waals surface area contributed by atoms with Crippen LogP contribution in [0, 0.1) is 0 Å². The van der Waals surface area contributed by atoms with Crippen molar-refractivity contribution in [1.29, 1.82) is 0 Å². The van der Waals surface area contributed by atoms with Crippen molar-refractivity contribution in [2.45, 2.75) is 13.0 Å². The number of benzene rings is 2. The number of aliphatic hydroxyl groups is 1. The molecule has 2 rings (SSSR count). The summed E-state index contributed by atoms with van der Waals surface area (Å²) in [6.07, 6.45) is -1.36. The number of anilines is 2. The molecule has 0 aliphatic heterocycles. The third kappa shape index (κ3) is 4.07. The van der Waals surface area contributed by atoms with E-state index in [1.165, 1.54) is 6.92 Å². The number of halogens is 1. The monoisotopic (exact) mass is 318 g/mol. The summed E-state index contributed by atoms with van der Waals surface area (Å²) in [5.41, 5.74) is 1.47. The van der Waals surface area contributed by atoms with Gasteiger partial charge in [0, 0.05) is 28.9 Å². The van der Waals surface area contributed by atoms with E-state index < -0.39 is 12.0 Å². The minimum absolute atomic E-state index is 0.175. The third-order valence-corrected chi connectivity index (χ3v) is 3.27. The van der Waals surface area contributed by atoms with E-state index in [4.69, 9.17) is 11.6 Å². The van der Waals surface area contributed by atoms with E-state index in [9.17, 15) is 14.7 Å². The Bertz CT molecular complexity index is 686. The Morgan fingerprint density at radius 3 is 2.09 bits per heavy atom. The highest BCUT2D eigenvalue weighted by molar-refractivity contribution is 6.31. The quantitative estimate of drug-likeness (QED) is 0.811. The van der Waals surface area contributed by atoms with E-state index in [2.05, 4.69) is 10.6 Å². The molecule has 1 unspecified atom stereocenters. The molecule has 2 aromatic rings. The molecule has 22 heavy (non-hydrogen) atoms. The fourth-order valence-corrected chi connectivity index (χ4v) is 2.13. The van der Waals surface area contributed by atoms with Crippen LogP contribution >= 0.6 is 11.6 Å². The Balaban J connectivity index is 2.05. The molecule has 6 heteroatoms. The van der Waals surface area contributed by atoms with Gasteiger partial charge < -0.3 is 15.7 Å². The summed E-state index contributed by atoms with van der Waals surface area (Å²) in [6.45, 7) is 1.41. The lowest BCUT2D eigenvalue weighted by molar-refractivity contribution is -0.124. The summed E-state index contributed by atoms with van der Waals surface area (Å²) >= 11 is 5.96. The molecule has 1 atom stereocenters. The van der Waals surface area contributed by atoms with Gasteiger partial charge in [-0.15, -0.1) is 0 Å². The van der Waals surface area contributed by atoms with Crippen LogP contribution in [0.3, 0.4) is 0 Å². The predicted molar refractivity (Wildman–Crippen MR) is 85.8 cm³/mol. The molecule has 0 aliphatic rings. The van der Waals surface area contributed by atoms with Crippen LogP contribution in [-0.2, 0) is 9.59 Å². The van der Waals surface area contributed by atoms with Crippen molar-refractivity contribution in [1.82, 2.24) is 0 Å². The average molecular weight is 319 g/mol. The molecule has 5 nitrogen and oxygen atoms in total. The topological polar surface area (TPSA) is 78.4 Å². The Labute approximate surface area is 132 Å². The minimum atomic E-state index is -1.36. The van der Waals surface area contributed by atoms with Crippen LogP contribution in [-0.4, -0.2) is 16.9 Å². The smallest absolute Gasteiger partial charge is 0.257 e. The maximum atomic E-state index is 12.0. The van der Waals surface area contributed by atoms with Crippen LogP contribution in [0.15, 0.2) is 48.5 Å². The molecule has 0 aliphatic carbocycles. The van der Waals surface area contributed by atoms with Crippen molar-refractivity contribution < 1.29 is 14.7 Å². The van der Waals surface area contributed by atoms with Crippen LogP contribution < -0.4 is 10.6 Å². The highest BCUT2D eigenvalue weighted by atomic mass is 35.5. The first kappa shape index (κ1) is 16.0. The predicted octanol–water partition coefficient (Wildman–Crippen LogP) is 2.97. The maximum Gasteiger partial charge on any atom is 0.257 e. The van der Waals surface area contributed by atoms with Crippen LogP contribution in [0.4, 0.5) is 11.4 Å². The lowest BCUT2D eigenvalue weighted by Gasteiger charge is -2.13. The fraction of sp³-hybridized carbons (Fsp3) is 0.125. The van der Waals surface area contributed by atoms with Crippen molar-refractivity contribution in [3.63, 3.8) is 0 Å². The number of rotatable bonds is 4. The lowest BCUT2D eigenvalue weighted by atomic mass is 10.1. The molecule has 2 amide bonds. The zero-order valence-electron chi connectivity index (χ0n) is 11.8. The minimum Gasteiger partial charge on any atom is -0.378 e. The van der Waals surface area contributed by atoms with Gasteiger partial charge in [0.2, 0.25) is 5.91 Å². The van der Waals surface area contributed by atoms with E-state index in [0.29, 0.717) is 22.0 Å². The van der Waals surface area contributed by atoms with Crippen molar-refractivity contribution >= 4 is 34.8 Å². The summed E-state index contributed by atoms with van der Waals surface area (Å²) in [5.74, 6) is -0.758.